The average Bonchev–Trinajstić information content (AvgIpc) is 3.46. The number of amides is 1. The van der Waals surface area contributed by atoms with Gasteiger partial charge in [0.05, 0.1) is 41.0 Å². The number of halogens is 1. The number of hydrogen-bond donors (Lipinski definition) is 2. The molecule has 7 nitrogen and oxygen atoms in total. The summed E-state index contributed by atoms with van der Waals surface area (Å²) >= 11 is 0. The highest BCUT2D eigenvalue weighted by Crippen LogP contribution is 2.30. The minimum atomic E-state index is -1.02. The molecule has 8 heteroatoms. The summed E-state index contributed by atoms with van der Waals surface area (Å²) in [6.07, 6.45) is 1.72. The summed E-state index contributed by atoms with van der Waals surface area (Å²) in [7, 11) is 0. The third-order valence-electron chi connectivity index (χ3n) is 7.42. The van der Waals surface area contributed by atoms with Gasteiger partial charge in [0.2, 0.25) is 0 Å². The zero-order valence-electron chi connectivity index (χ0n) is 23.4. The first-order valence-electron chi connectivity index (χ1n) is 13.8. The number of aromatic nitrogens is 2. The van der Waals surface area contributed by atoms with Crippen molar-refractivity contribution >= 4 is 22.8 Å². The first-order chi connectivity index (χ1) is 21.4. The van der Waals surface area contributed by atoms with Crippen LogP contribution >= 0.6 is 0 Å². The van der Waals surface area contributed by atoms with Gasteiger partial charge in [0, 0.05) is 11.9 Å². The molecule has 1 aromatic heterocycles. The fraction of sp³-hybridized carbons (Fsp3) is 0.0556. The monoisotopic (exact) mass is 580 g/mol. The quantitative estimate of drug-likeness (QED) is 0.200. The van der Waals surface area contributed by atoms with Crippen molar-refractivity contribution in [3.63, 3.8) is 0 Å². The van der Waals surface area contributed by atoms with Crippen molar-refractivity contribution in [2.24, 2.45) is 0 Å². The minimum absolute atomic E-state index is 0.170. The number of carbonyl (C=O) groups excluding carboxylic acids is 1. The number of carboxylic acids is 1. The number of nitriles is 1. The largest absolute Gasteiger partial charge is 0.478 e. The fourth-order valence-corrected chi connectivity index (χ4v) is 5.12. The van der Waals surface area contributed by atoms with E-state index in [0.717, 1.165) is 38.8 Å². The molecule has 214 valence electrons. The first-order valence-corrected chi connectivity index (χ1v) is 13.8. The Morgan fingerprint density at radius 3 is 2.18 bits per heavy atom. The molecule has 6 rings (SSSR count). The number of carbonyl (C=O) groups is 2. The molecule has 0 saturated heterocycles. The van der Waals surface area contributed by atoms with Crippen molar-refractivity contribution in [1.29, 1.82) is 5.26 Å². The predicted octanol–water partition coefficient (Wildman–Crippen LogP) is 7.06. The molecule has 0 bridgehead atoms. The highest BCUT2D eigenvalue weighted by molar-refractivity contribution is 6.07. The summed E-state index contributed by atoms with van der Waals surface area (Å²) in [5.41, 5.74) is 6.92. The predicted molar refractivity (Wildman–Crippen MR) is 165 cm³/mol. The molecule has 2 N–H and O–H groups in total. The number of carboxylic acid groups (broad SMARTS) is 1. The molecule has 6 aromatic rings. The summed E-state index contributed by atoms with van der Waals surface area (Å²) in [5, 5.41) is 26.9. The Hall–Kier alpha value is -6.07. The van der Waals surface area contributed by atoms with Gasteiger partial charge in [-0.3, -0.25) is 9.48 Å². The molecule has 0 atom stereocenters. The molecule has 0 spiro atoms. The maximum atomic E-state index is 13.7. The lowest BCUT2D eigenvalue weighted by Gasteiger charge is -2.13. The van der Waals surface area contributed by atoms with Crippen molar-refractivity contribution < 1.29 is 19.1 Å². The minimum Gasteiger partial charge on any atom is -0.478 e. The van der Waals surface area contributed by atoms with Crippen molar-refractivity contribution in [3.05, 3.63) is 149 Å². The molecule has 5 aromatic carbocycles. The highest BCUT2D eigenvalue weighted by Gasteiger charge is 2.18. The van der Waals surface area contributed by atoms with E-state index in [0.29, 0.717) is 23.2 Å². The molecule has 0 aliphatic carbocycles. The van der Waals surface area contributed by atoms with Crippen LogP contribution < -0.4 is 5.32 Å². The highest BCUT2D eigenvalue weighted by atomic mass is 19.1. The second-order valence-corrected chi connectivity index (χ2v) is 10.3. The number of nitrogens with zero attached hydrogens (tertiary/aromatic N) is 3. The van der Waals surface area contributed by atoms with Crippen molar-refractivity contribution in [2.45, 2.75) is 13.1 Å². The average molecular weight is 581 g/mol. The summed E-state index contributed by atoms with van der Waals surface area (Å²) in [5.74, 6) is -1.62. The second-order valence-electron chi connectivity index (χ2n) is 10.3. The molecule has 0 aliphatic heterocycles. The van der Waals surface area contributed by atoms with Gasteiger partial charge in [-0.15, -0.1) is 0 Å². The number of rotatable bonds is 8. The maximum absolute atomic E-state index is 13.7. The normalized spacial score (nSPS) is 10.8. The van der Waals surface area contributed by atoms with Crippen LogP contribution in [0.2, 0.25) is 0 Å². The van der Waals surface area contributed by atoms with Crippen LogP contribution in [0.3, 0.4) is 0 Å². The standard InChI is InChI=1S/C36H25FN4O3/c37-32-14-12-27(13-15-32)26-8-6-24(7-9-26)22-41-34-31(21-40-41)17-30(29-3-1-2-25(16-29)19-38)18-33(34)35(42)39-20-23-4-10-28(11-5-23)36(43)44/h1-18,21H,20,22H2,(H,39,42)(H,43,44). The lowest BCUT2D eigenvalue weighted by molar-refractivity contribution is 0.0696. The topological polar surface area (TPSA) is 108 Å². The lowest BCUT2D eigenvalue weighted by Crippen LogP contribution is -2.24. The Kier molecular flexibility index (Phi) is 7.68. The molecule has 0 aliphatic rings. The third-order valence-corrected chi connectivity index (χ3v) is 7.42. The van der Waals surface area contributed by atoms with E-state index in [1.54, 1.807) is 59.4 Å². The third kappa shape index (κ3) is 5.94. The summed E-state index contributed by atoms with van der Waals surface area (Å²) in [4.78, 5) is 24.9. The number of hydrogen-bond acceptors (Lipinski definition) is 4. The number of benzene rings is 5. The summed E-state index contributed by atoms with van der Waals surface area (Å²) in [6, 6.07) is 33.7. The van der Waals surface area contributed by atoms with E-state index in [1.807, 2.05) is 36.4 Å². The number of nitrogens with one attached hydrogen (secondary N) is 1. The molecule has 0 radical (unpaired) electrons. The van der Waals surface area contributed by atoms with E-state index < -0.39 is 5.97 Å². The van der Waals surface area contributed by atoms with Gasteiger partial charge in [-0.2, -0.15) is 10.4 Å². The summed E-state index contributed by atoms with van der Waals surface area (Å²) < 4.78 is 15.1. The smallest absolute Gasteiger partial charge is 0.335 e. The van der Waals surface area contributed by atoms with Crippen LogP contribution in [-0.2, 0) is 13.1 Å². The Morgan fingerprint density at radius 2 is 1.50 bits per heavy atom. The van der Waals surface area contributed by atoms with Crippen LogP contribution in [0.25, 0.3) is 33.2 Å². The van der Waals surface area contributed by atoms with Gasteiger partial charge in [0.15, 0.2) is 0 Å². The molecule has 44 heavy (non-hydrogen) atoms. The van der Waals surface area contributed by atoms with Gasteiger partial charge in [-0.1, -0.05) is 60.7 Å². The lowest BCUT2D eigenvalue weighted by atomic mass is 9.98. The van der Waals surface area contributed by atoms with E-state index in [1.165, 1.54) is 24.3 Å². The Morgan fingerprint density at radius 1 is 0.818 bits per heavy atom. The molecule has 1 amide bonds. The van der Waals surface area contributed by atoms with Crippen LogP contribution in [0.15, 0.2) is 115 Å². The van der Waals surface area contributed by atoms with E-state index in [-0.39, 0.29) is 23.8 Å². The van der Waals surface area contributed by atoms with E-state index in [4.69, 9.17) is 0 Å². The van der Waals surface area contributed by atoms with E-state index in [9.17, 15) is 24.3 Å². The van der Waals surface area contributed by atoms with Gasteiger partial charge < -0.3 is 10.4 Å². The molecular weight excluding hydrogens is 555 g/mol. The maximum Gasteiger partial charge on any atom is 0.335 e. The molecule has 0 fully saturated rings. The number of aromatic carboxylic acids is 1. The Labute approximate surface area is 252 Å². The number of fused-ring (bicyclic) bond motifs is 1. The summed E-state index contributed by atoms with van der Waals surface area (Å²) in [6.45, 7) is 0.612. The second kappa shape index (κ2) is 12.0. The van der Waals surface area contributed by atoms with E-state index >= 15 is 0 Å². The Bertz CT molecular complexity index is 2040. The van der Waals surface area contributed by atoms with Gasteiger partial charge in [-0.05, 0) is 81.9 Å². The zero-order valence-corrected chi connectivity index (χ0v) is 23.4. The molecule has 0 saturated carbocycles. The van der Waals surface area contributed by atoms with Crippen LogP contribution in [0.1, 0.15) is 37.4 Å². The fourth-order valence-electron chi connectivity index (χ4n) is 5.12. The molecular formula is C36H25FN4O3. The van der Waals surface area contributed by atoms with Crippen LogP contribution in [-0.4, -0.2) is 26.8 Å². The zero-order chi connectivity index (χ0) is 30.6. The molecule has 0 unspecified atom stereocenters. The van der Waals surface area contributed by atoms with Crippen LogP contribution in [0.4, 0.5) is 4.39 Å². The van der Waals surface area contributed by atoms with Gasteiger partial charge in [-0.25, -0.2) is 9.18 Å². The van der Waals surface area contributed by atoms with E-state index in [2.05, 4.69) is 16.5 Å². The van der Waals surface area contributed by atoms with Gasteiger partial charge >= 0.3 is 5.97 Å². The van der Waals surface area contributed by atoms with Crippen molar-refractivity contribution in [2.75, 3.05) is 0 Å². The molecule has 1 heterocycles. The van der Waals surface area contributed by atoms with Crippen molar-refractivity contribution in [1.82, 2.24) is 15.1 Å². The SMILES string of the molecule is N#Cc1cccc(-c2cc(C(=O)NCc3ccc(C(=O)O)cc3)c3c(cnn3Cc3ccc(-c4ccc(F)cc4)cc3)c2)c1. The van der Waals surface area contributed by atoms with Gasteiger partial charge in [0.25, 0.3) is 5.91 Å². The van der Waals surface area contributed by atoms with Crippen molar-refractivity contribution in [3.8, 4) is 28.3 Å². The first kappa shape index (κ1) is 28.1. The Balaban J connectivity index is 1.34. The van der Waals surface area contributed by atoms with Crippen LogP contribution in [0, 0.1) is 17.1 Å². The van der Waals surface area contributed by atoms with Gasteiger partial charge in [0.1, 0.15) is 5.82 Å². The van der Waals surface area contributed by atoms with Crippen LogP contribution in [0.5, 0.6) is 0 Å².